The van der Waals surface area contributed by atoms with Gasteiger partial charge in [-0.1, -0.05) is 79.7 Å². The van der Waals surface area contributed by atoms with Crippen molar-refractivity contribution < 1.29 is 19.1 Å². The Morgan fingerprint density at radius 2 is 1.43 bits per heavy atom. The Labute approximate surface area is 250 Å². The highest BCUT2D eigenvalue weighted by atomic mass is 16.6. The van der Waals surface area contributed by atoms with E-state index in [9.17, 15) is 14.4 Å². The van der Waals surface area contributed by atoms with Crippen molar-refractivity contribution in [2.75, 3.05) is 5.32 Å². The van der Waals surface area contributed by atoms with Crippen LogP contribution in [0.1, 0.15) is 75.4 Å². The van der Waals surface area contributed by atoms with Crippen LogP contribution in [0.3, 0.4) is 0 Å². The summed E-state index contributed by atoms with van der Waals surface area (Å²) in [5.74, 6) is -0.699. The largest absolute Gasteiger partial charge is 0.444 e. The normalized spacial score (nSPS) is 12.8. The molecule has 42 heavy (non-hydrogen) atoms. The van der Waals surface area contributed by atoms with Crippen molar-refractivity contribution in [3.05, 3.63) is 101 Å². The monoisotopic (exact) mass is 571 g/mol. The zero-order valence-electron chi connectivity index (χ0n) is 26.2. The Morgan fingerprint density at radius 1 is 0.833 bits per heavy atom. The summed E-state index contributed by atoms with van der Waals surface area (Å²) in [7, 11) is 0. The van der Waals surface area contributed by atoms with Crippen LogP contribution in [0.25, 0.3) is 0 Å². The van der Waals surface area contributed by atoms with Gasteiger partial charge < -0.3 is 20.3 Å². The molecule has 0 bridgehead atoms. The van der Waals surface area contributed by atoms with E-state index in [2.05, 4.69) is 17.6 Å². The Morgan fingerprint density at radius 3 is 1.95 bits per heavy atom. The number of nitrogens with zero attached hydrogens (tertiary/aromatic N) is 1. The average molecular weight is 572 g/mol. The molecule has 3 rings (SSSR count). The van der Waals surface area contributed by atoms with Gasteiger partial charge in [-0.3, -0.25) is 9.59 Å². The van der Waals surface area contributed by atoms with E-state index in [0.29, 0.717) is 5.56 Å². The van der Waals surface area contributed by atoms with Crippen LogP contribution in [-0.4, -0.2) is 40.5 Å². The molecule has 0 spiro atoms. The van der Waals surface area contributed by atoms with Gasteiger partial charge >= 0.3 is 6.09 Å². The summed E-state index contributed by atoms with van der Waals surface area (Å²) >= 11 is 0. The molecule has 224 valence electrons. The van der Waals surface area contributed by atoms with Crippen LogP contribution in [0, 0.1) is 13.8 Å². The first-order valence-electron chi connectivity index (χ1n) is 14.6. The molecule has 0 saturated carbocycles. The molecule has 0 radical (unpaired) electrons. The van der Waals surface area contributed by atoms with E-state index in [1.807, 2.05) is 100 Å². The number of nitrogens with one attached hydrogen (secondary N) is 2. The fourth-order valence-electron chi connectivity index (χ4n) is 4.94. The van der Waals surface area contributed by atoms with Gasteiger partial charge in [0.05, 0.1) is 0 Å². The smallest absolute Gasteiger partial charge is 0.408 e. The third-order valence-electron chi connectivity index (χ3n) is 7.04. The van der Waals surface area contributed by atoms with Gasteiger partial charge in [0.15, 0.2) is 0 Å². The van der Waals surface area contributed by atoms with E-state index < -0.39 is 23.8 Å². The number of carbonyl (C=O) groups is 3. The molecule has 3 amide bonds. The molecule has 0 saturated heterocycles. The summed E-state index contributed by atoms with van der Waals surface area (Å²) in [6, 6.07) is 20.8. The minimum Gasteiger partial charge on any atom is -0.444 e. The zero-order chi connectivity index (χ0) is 31.0. The number of aryl methyl sites for hydroxylation is 3. The van der Waals surface area contributed by atoms with Crippen molar-refractivity contribution in [1.82, 2.24) is 10.2 Å². The number of para-hydroxylation sites is 1. The van der Waals surface area contributed by atoms with Gasteiger partial charge in [0.25, 0.3) is 5.91 Å². The maximum absolute atomic E-state index is 14.5. The van der Waals surface area contributed by atoms with Crippen molar-refractivity contribution in [2.24, 2.45) is 0 Å². The molecule has 7 nitrogen and oxygen atoms in total. The van der Waals surface area contributed by atoms with Crippen LogP contribution in [-0.2, 0) is 27.2 Å². The highest BCUT2D eigenvalue weighted by Crippen LogP contribution is 2.29. The van der Waals surface area contributed by atoms with Gasteiger partial charge in [-0.15, -0.1) is 0 Å². The van der Waals surface area contributed by atoms with Crippen molar-refractivity contribution in [3.8, 4) is 0 Å². The first-order chi connectivity index (χ1) is 19.8. The average Bonchev–Trinajstić information content (AvgIpc) is 2.92. The third-order valence-corrected chi connectivity index (χ3v) is 7.04. The van der Waals surface area contributed by atoms with Crippen LogP contribution in [0.15, 0.2) is 72.8 Å². The topological polar surface area (TPSA) is 87.7 Å². The number of ether oxygens (including phenoxy) is 1. The zero-order valence-corrected chi connectivity index (χ0v) is 26.2. The molecular weight excluding hydrogens is 526 g/mol. The second kappa shape index (κ2) is 14.2. The summed E-state index contributed by atoms with van der Waals surface area (Å²) in [5.41, 5.74) is 4.54. The lowest BCUT2D eigenvalue weighted by Crippen LogP contribution is -2.55. The first kappa shape index (κ1) is 32.4. The fourth-order valence-corrected chi connectivity index (χ4v) is 4.94. The molecule has 3 aromatic rings. The van der Waals surface area contributed by atoms with Gasteiger partial charge in [0.2, 0.25) is 5.91 Å². The number of anilines is 1. The SMILES string of the molecule is CCc1ccc(C(C(=O)Nc2c(C)cccc2C)N(C(=O)C(Cc2ccccc2)NC(=O)OC(C)(C)C)C(C)C)cc1. The summed E-state index contributed by atoms with van der Waals surface area (Å²) in [6.07, 6.45) is 0.400. The van der Waals surface area contributed by atoms with E-state index in [1.165, 1.54) is 0 Å². The van der Waals surface area contributed by atoms with E-state index >= 15 is 0 Å². The van der Waals surface area contributed by atoms with Crippen molar-refractivity contribution >= 4 is 23.6 Å². The molecule has 0 aromatic heterocycles. The van der Waals surface area contributed by atoms with Gasteiger partial charge in [0.1, 0.15) is 17.7 Å². The second-order valence-electron chi connectivity index (χ2n) is 12.0. The van der Waals surface area contributed by atoms with Crippen molar-refractivity contribution in [2.45, 2.75) is 92.0 Å². The first-order valence-corrected chi connectivity index (χ1v) is 14.6. The van der Waals surface area contributed by atoms with Crippen LogP contribution >= 0.6 is 0 Å². The van der Waals surface area contributed by atoms with Gasteiger partial charge in [-0.2, -0.15) is 0 Å². The number of amides is 3. The summed E-state index contributed by atoms with van der Waals surface area (Å²) in [5, 5.41) is 5.92. The molecule has 2 unspecified atom stereocenters. The molecule has 2 atom stereocenters. The summed E-state index contributed by atoms with van der Waals surface area (Å²) in [4.78, 5) is 43.2. The Hall–Kier alpha value is -4.13. The number of carbonyl (C=O) groups excluding carboxylic acids is 3. The predicted octanol–water partition coefficient (Wildman–Crippen LogP) is 6.92. The molecular formula is C35H45N3O4. The number of alkyl carbamates (subject to hydrolysis) is 1. The quantitative estimate of drug-likeness (QED) is 0.277. The number of rotatable bonds is 10. The van der Waals surface area contributed by atoms with Crippen LogP contribution < -0.4 is 10.6 Å². The molecule has 0 fully saturated rings. The second-order valence-corrected chi connectivity index (χ2v) is 12.0. The van der Waals surface area contributed by atoms with Crippen molar-refractivity contribution in [3.63, 3.8) is 0 Å². The molecule has 0 heterocycles. The lowest BCUT2D eigenvalue weighted by Gasteiger charge is -2.37. The third kappa shape index (κ3) is 8.68. The van der Waals surface area contributed by atoms with Gasteiger partial charge in [-0.25, -0.2) is 4.79 Å². The van der Waals surface area contributed by atoms with Crippen LogP contribution in [0.2, 0.25) is 0 Å². The molecule has 3 aromatic carbocycles. The Kier molecular flexibility index (Phi) is 10.9. The van der Waals surface area contributed by atoms with E-state index in [0.717, 1.165) is 34.4 Å². The minimum absolute atomic E-state index is 0.238. The van der Waals surface area contributed by atoms with E-state index in [4.69, 9.17) is 4.74 Å². The molecule has 7 heteroatoms. The summed E-state index contributed by atoms with van der Waals surface area (Å²) in [6.45, 7) is 15.0. The molecule has 0 aliphatic rings. The molecule has 0 aliphatic carbocycles. The van der Waals surface area contributed by atoms with Gasteiger partial charge in [0, 0.05) is 18.2 Å². The Balaban J connectivity index is 2.08. The number of hydrogen-bond acceptors (Lipinski definition) is 4. The fraction of sp³-hybridized carbons (Fsp3) is 0.400. The number of benzene rings is 3. The van der Waals surface area contributed by atoms with E-state index in [-0.39, 0.29) is 24.3 Å². The highest BCUT2D eigenvalue weighted by Gasteiger charge is 2.38. The number of hydrogen-bond donors (Lipinski definition) is 2. The molecule has 0 aliphatic heterocycles. The predicted molar refractivity (Wildman–Crippen MR) is 168 cm³/mol. The molecule has 2 N–H and O–H groups in total. The Bertz CT molecular complexity index is 1340. The summed E-state index contributed by atoms with van der Waals surface area (Å²) < 4.78 is 5.52. The van der Waals surface area contributed by atoms with E-state index in [1.54, 1.807) is 25.7 Å². The standard InChI is InChI=1S/C35H45N3O4/c1-9-26-18-20-28(21-19-26)31(32(39)37-30-24(4)14-13-15-25(30)5)38(23(2)3)33(40)29(22-27-16-11-10-12-17-27)36-34(41)42-35(6,7)8/h10-21,23,29,31H,9,22H2,1-8H3,(H,36,41)(H,37,39). The lowest BCUT2D eigenvalue weighted by atomic mass is 9.97. The van der Waals surface area contributed by atoms with Crippen molar-refractivity contribution in [1.29, 1.82) is 0 Å². The minimum atomic E-state index is -0.963. The van der Waals surface area contributed by atoms with Crippen LogP contribution in [0.5, 0.6) is 0 Å². The lowest BCUT2D eigenvalue weighted by molar-refractivity contribution is -0.142. The maximum Gasteiger partial charge on any atom is 0.408 e. The highest BCUT2D eigenvalue weighted by molar-refractivity contribution is 6.00. The van der Waals surface area contributed by atoms with Gasteiger partial charge in [-0.05, 0) is 82.7 Å². The van der Waals surface area contributed by atoms with Crippen LogP contribution in [0.4, 0.5) is 10.5 Å². The maximum atomic E-state index is 14.5.